The summed E-state index contributed by atoms with van der Waals surface area (Å²) >= 11 is 11.5. The number of nitrogens with one attached hydrogen (secondary N) is 2. The smallest absolute Gasteiger partial charge is 0.247 e. The summed E-state index contributed by atoms with van der Waals surface area (Å²) in [5, 5.41) is 11.8. The van der Waals surface area contributed by atoms with Gasteiger partial charge in [-0.05, 0) is 42.8 Å². The van der Waals surface area contributed by atoms with E-state index >= 15 is 0 Å². The number of allylic oxidation sites excluding steroid dienone is 1. The number of carbonyl (C=O) groups is 1. The number of hydrogen-bond donors (Lipinski definition) is 2. The van der Waals surface area contributed by atoms with Crippen LogP contribution in [0.15, 0.2) is 54.2 Å². The monoisotopic (exact) mass is 347 g/mol. The van der Waals surface area contributed by atoms with Gasteiger partial charge in [-0.3, -0.25) is 4.79 Å². The molecule has 6 heteroatoms. The van der Waals surface area contributed by atoms with Gasteiger partial charge in [-0.25, -0.2) is 4.98 Å². The minimum atomic E-state index is -0.230. The van der Waals surface area contributed by atoms with E-state index in [0.29, 0.717) is 27.9 Å². The quantitative estimate of drug-likeness (QED) is 0.487. The summed E-state index contributed by atoms with van der Waals surface area (Å²) in [6, 6.07) is 10.5. The van der Waals surface area contributed by atoms with Crippen LogP contribution in [0.25, 0.3) is 0 Å². The van der Waals surface area contributed by atoms with Gasteiger partial charge in [0.1, 0.15) is 5.15 Å². The molecule has 1 amide bonds. The van der Waals surface area contributed by atoms with Crippen LogP contribution in [0.2, 0.25) is 10.2 Å². The van der Waals surface area contributed by atoms with Gasteiger partial charge in [0, 0.05) is 28.9 Å². The van der Waals surface area contributed by atoms with E-state index in [1.54, 1.807) is 31.2 Å². The van der Waals surface area contributed by atoms with Gasteiger partial charge < -0.3 is 10.7 Å². The molecule has 1 heterocycles. The molecule has 23 heavy (non-hydrogen) atoms. The van der Waals surface area contributed by atoms with Crippen molar-refractivity contribution in [3.05, 3.63) is 75.5 Å². The number of rotatable bonds is 5. The summed E-state index contributed by atoms with van der Waals surface area (Å²) in [6.07, 6.45) is 3.00. The normalized spacial score (nSPS) is 11.2. The number of amides is 1. The lowest BCUT2D eigenvalue weighted by atomic mass is 10.1. The first-order chi connectivity index (χ1) is 11.0. The molecule has 0 radical (unpaired) electrons. The number of carbonyl (C=O) groups excluding carboxylic acids is 1. The maximum absolute atomic E-state index is 12.1. The molecule has 0 unspecified atom stereocenters. The molecule has 1 aromatic heterocycles. The van der Waals surface area contributed by atoms with Crippen molar-refractivity contribution in [3.63, 3.8) is 0 Å². The lowest BCUT2D eigenvalue weighted by Crippen LogP contribution is -2.24. The predicted octanol–water partition coefficient (Wildman–Crippen LogP) is 4.02. The first-order valence-corrected chi connectivity index (χ1v) is 7.63. The molecule has 0 bridgehead atoms. The highest BCUT2D eigenvalue weighted by Gasteiger charge is 2.07. The van der Waals surface area contributed by atoms with Crippen molar-refractivity contribution in [2.45, 2.75) is 13.5 Å². The average molecular weight is 348 g/mol. The number of hydrogen-bond acceptors (Lipinski definition) is 3. The Morgan fingerprint density at radius 3 is 2.52 bits per heavy atom. The van der Waals surface area contributed by atoms with E-state index in [0.717, 1.165) is 5.56 Å². The molecule has 0 aliphatic heterocycles. The van der Waals surface area contributed by atoms with Gasteiger partial charge in [0.15, 0.2) is 0 Å². The summed E-state index contributed by atoms with van der Waals surface area (Å²) in [6.45, 7) is 2.06. The van der Waals surface area contributed by atoms with Crippen LogP contribution in [0, 0.1) is 5.41 Å². The molecule has 0 atom stereocenters. The van der Waals surface area contributed by atoms with E-state index in [1.807, 2.05) is 12.1 Å². The maximum atomic E-state index is 12.1. The number of halogens is 2. The molecular weight excluding hydrogens is 333 g/mol. The van der Waals surface area contributed by atoms with E-state index in [-0.39, 0.29) is 11.6 Å². The molecule has 118 valence electrons. The number of pyridine rings is 1. The summed E-state index contributed by atoms with van der Waals surface area (Å²) in [5.74, 6) is -0.230. The van der Waals surface area contributed by atoms with Crippen molar-refractivity contribution < 1.29 is 4.79 Å². The lowest BCUT2D eigenvalue weighted by molar-refractivity contribution is -0.117. The molecule has 0 saturated carbocycles. The van der Waals surface area contributed by atoms with Gasteiger partial charge in [0.2, 0.25) is 5.91 Å². The summed E-state index contributed by atoms with van der Waals surface area (Å²) < 4.78 is 0. The molecule has 4 nitrogen and oxygen atoms in total. The van der Waals surface area contributed by atoms with Gasteiger partial charge in [0.05, 0.1) is 5.71 Å². The predicted molar refractivity (Wildman–Crippen MR) is 93.1 cm³/mol. The van der Waals surface area contributed by atoms with Crippen molar-refractivity contribution in [1.29, 1.82) is 5.41 Å². The molecule has 0 aliphatic carbocycles. The summed E-state index contributed by atoms with van der Waals surface area (Å²) in [5.41, 5.74) is 2.19. The van der Waals surface area contributed by atoms with Crippen molar-refractivity contribution in [1.82, 2.24) is 10.3 Å². The highest BCUT2D eigenvalue weighted by atomic mass is 35.5. The second-order valence-corrected chi connectivity index (χ2v) is 5.74. The van der Waals surface area contributed by atoms with Gasteiger partial charge in [-0.15, -0.1) is 0 Å². The largest absolute Gasteiger partial charge is 0.348 e. The van der Waals surface area contributed by atoms with Crippen molar-refractivity contribution in [2.75, 3.05) is 0 Å². The third kappa shape index (κ3) is 5.20. The van der Waals surface area contributed by atoms with Crippen LogP contribution in [-0.4, -0.2) is 16.6 Å². The molecule has 1 aromatic carbocycles. The Balaban J connectivity index is 1.96. The van der Waals surface area contributed by atoms with Crippen molar-refractivity contribution in [2.24, 2.45) is 0 Å². The van der Waals surface area contributed by atoms with E-state index in [4.69, 9.17) is 28.6 Å². The lowest BCUT2D eigenvalue weighted by Gasteiger charge is -2.06. The molecule has 2 aromatic rings. The fourth-order valence-corrected chi connectivity index (χ4v) is 2.06. The van der Waals surface area contributed by atoms with Gasteiger partial charge in [-0.2, -0.15) is 0 Å². The second kappa shape index (κ2) is 7.90. The number of aromatic nitrogens is 1. The molecule has 2 N–H and O–H groups in total. The zero-order valence-corrected chi connectivity index (χ0v) is 13.9. The molecule has 0 saturated heterocycles. The molecular formula is C17H15Cl2N3O. The Morgan fingerprint density at radius 2 is 1.91 bits per heavy atom. The first-order valence-electron chi connectivity index (χ1n) is 6.87. The summed E-state index contributed by atoms with van der Waals surface area (Å²) in [7, 11) is 0. The Kier molecular flexibility index (Phi) is 5.90. The third-order valence-electron chi connectivity index (χ3n) is 3.12. The van der Waals surface area contributed by atoms with Crippen LogP contribution in [0.4, 0.5) is 0 Å². The highest BCUT2D eigenvalue weighted by molar-refractivity contribution is 6.30. The van der Waals surface area contributed by atoms with Gasteiger partial charge in [0.25, 0.3) is 0 Å². The topological polar surface area (TPSA) is 65.8 Å². The minimum absolute atomic E-state index is 0.202. The van der Waals surface area contributed by atoms with E-state index < -0.39 is 0 Å². The Hall–Kier alpha value is -2.17. The Bertz CT molecular complexity index is 737. The zero-order chi connectivity index (χ0) is 16.8. The molecule has 2 rings (SSSR count). The van der Waals surface area contributed by atoms with Crippen LogP contribution in [-0.2, 0) is 11.3 Å². The van der Waals surface area contributed by atoms with Crippen LogP contribution in [0.3, 0.4) is 0 Å². The van der Waals surface area contributed by atoms with E-state index in [9.17, 15) is 4.79 Å². The average Bonchev–Trinajstić information content (AvgIpc) is 2.54. The van der Waals surface area contributed by atoms with Crippen LogP contribution in [0.1, 0.15) is 18.1 Å². The van der Waals surface area contributed by atoms with Gasteiger partial charge in [-0.1, -0.05) is 35.3 Å². The summed E-state index contributed by atoms with van der Waals surface area (Å²) in [4.78, 5) is 16.0. The molecule has 0 spiro atoms. The number of benzene rings is 1. The maximum Gasteiger partial charge on any atom is 0.247 e. The molecule has 0 fully saturated rings. The fraction of sp³-hybridized carbons (Fsp3) is 0.118. The Morgan fingerprint density at radius 1 is 1.22 bits per heavy atom. The SMILES string of the molecule is C/C(=C/C(=N)c1ccc(Cl)nc1)C(=O)NCc1ccc(Cl)cc1. The van der Waals surface area contributed by atoms with Crippen molar-refractivity contribution in [3.8, 4) is 0 Å². The molecule has 0 aliphatic rings. The van der Waals surface area contributed by atoms with Gasteiger partial charge >= 0.3 is 0 Å². The standard InChI is InChI=1S/C17H15Cl2N3O/c1-11(8-15(20)13-4-7-16(19)21-10-13)17(23)22-9-12-2-5-14(18)6-3-12/h2-8,10,20H,9H2,1H3,(H,22,23)/b11-8-,20-15?. The zero-order valence-electron chi connectivity index (χ0n) is 12.4. The van der Waals surface area contributed by atoms with E-state index in [1.165, 1.54) is 12.3 Å². The second-order valence-electron chi connectivity index (χ2n) is 4.92. The van der Waals surface area contributed by atoms with E-state index in [2.05, 4.69) is 10.3 Å². The van der Waals surface area contributed by atoms with Crippen LogP contribution in [0.5, 0.6) is 0 Å². The third-order valence-corrected chi connectivity index (χ3v) is 3.60. The van der Waals surface area contributed by atoms with Crippen LogP contribution >= 0.6 is 23.2 Å². The highest BCUT2D eigenvalue weighted by Crippen LogP contribution is 2.10. The Labute approximate surface area is 144 Å². The van der Waals surface area contributed by atoms with Crippen LogP contribution < -0.4 is 5.32 Å². The minimum Gasteiger partial charge on any atom is -0.348 e. The van der Waals surface area contributed by atoms with Crippen molar-refractivity contribution >= 4 is 34.8 Å². The fourth-order valence-electron chi connectivity index (χ4n) is 1.82. The number of nitrogens with zero attached hydrogens (tertiary/aromatic N) is 1. The first kappa shape index (κ1) is 17.2.